The maximum Gasteiger partial charge on any atom is 0.306 e. The number of aliphatic hydroxyl groups excluding tert-OH is 1. The molecule has 176 valence electrons. The van der Waals surface area contributed by atoms with Gasteiger partial charge in [0.15, 0.2) is 22.8 Å². The van der Waals surface area contributed by atoms with E-state index in [-0.39, 0.29) is 42.9 Å². The summed E-state index contributed by atoms with van der Waals surface area (Å²) in [5, 5.41) is 11.2. The fraction of sp³-hybridized carbons (Fsp3) is 0.708. The lowest BCUT2D eigenvalue weighted by molar-refractivity contribution is -0.199. The highest BCUT2D eigenvalue weighted by Crippen LogP contribution is 2.67. The minimum Gasteiger partial charge on any atom is -0.450 e. The van der Waals surface area contributed by atoms with Crippen LogP contribution < -0.4 is 0 Å². The largest absolute Gasteiger partial charge is 0.450 e. The first kappa shape index (κ1) is 23.6. The van der Waals surface area contributed by atoms with E-state index in [1.165, 1.54) is 19.1 Å². The molecule has 0 bridgehead atoms. The number of aliphatic hydroxyl groups is 1. The second-order valence-corrected chi connectivity index (χ2v) is 10.2. The molecule has 4 rings (SSSR count). The molecule has 0 amide bonds. The molecule has 1 N–H and O–H groups in total. The van der Waals surface area contributed by atoms with Crippen molar-refractivity contribution >= 4 is 29.1 Å². The molecule has 0 aliphatic heterocycles. The predicted octanol–water partition coefficient (Wildman–Crippen LogP) is 4.01. The molecule has 2 fully saturated rings. The number of halogens is 3. The standard InChI is InChI=1S/C24H29ClF2O5/c1-4-21(31)32-23(20(30)11-25)12(2)7-14-15(23)10-19(29)24(27)16(14)9-18(26)17-8-13(28)5-6-22(17,24)3/h5-6,12,14-16,19,29H,4,7-11H2,1-3H3/t12-,14+,15?,16-,19-,22-,23+,24-/m0/s1. The maximum atomic E-state index is 17.0. The van der Waals surface area contributed by atoms with Crippen molar-refractivity contribution in [3.05, 3.63) is 23.6 Å². The predicted molar refractivity (Wildman–Crippen MR) is 113 cm³/mol. The summed E-state index contributed by atoms with van der Waals surface area (Å²) in [4.78, 5) is 37.3. The number of alkyl halides is 2. The third-order valence-corrected chi connectivity index (χ3v) is 8.92. The van der Waals surface area contributed by atoms with Crippen molar-refractivity contribution in [1.82, 2.24) is 0 Å². The maximum absolute atomic E-state index is 17.0. The van der Waals surface area contributed by atoms with Gasteiger partial charge in [-0.2, -0.15) is 0 Å². The average molecular weight is 471 g/mol. The molecular weight excluding hydrogens is 442 g/mol. The van der Waals surface area contributed by atoms with Gasteiger partial charge in [-0.15, -0.1) is 11.6 Å². The number of ketones is 2. The van der Waals surface area contributed by atoms with Crippen LogP contribution in [0.3, 0.4) is 0 Å². The monoisotopic (exact) mass is 470 g/mol. The summed E-state index contributed by atoms with van der Waals surface area (Å²) in [7, 11) is 0. The van der Waals surface area contributed by atoms with Crippen molar-refractivity contribution in [3.8, 4) is 0 Å². The van der Waals surface area contributed by atoms with E-state index >= 15 is 8.78 Å². The summed E-state index contributed by atoms with van der Waals surface area (Å²) in [6.07, 6.45) is 0.919. The van der Waals surface area contributed by atoms with E-state index < -0.39 is 64.0 Å². The van der Waals surface area contributed by atoms with Crippen molar-refractivity contribution in [2.45, 2.75) is 70.2 Å². The number of ether oxygens (including phenoxy) is 1. The number of hydrogen-bond donors (Lipinski definition) is 1. The number of fused-ring (bicyclic) bond motifs is 5. The zero-order valence-electron chi connectivity index (χ0n) is 18.5. The van der Waals surface area contributed by atoms with E-state index in [2.05, 4.69) is 0 Å². The minimum atomic E-state index is -2.22. The number of allylic oxidation sites excluding steroid dienone is 4. The third kappa shape index (κ3) is 2.86. The molecule has 0 heterocycles. The van der Waals surface area contributed by atoms with Crippen molar-refractivity contribution in [2.24, 2.45) is 29.1 Å². The molecular formula is C24H29ClF2O5. The summed E-state index contributed by atoms with van der Waals surface area (Å²) in [5.74, 6) is -4.81. The topological polar surface area (TPSA) is 80.7 Å². The molecule has 0 aromatic heterocycles. The van der Waals surface area contributed by atoms with Gasteiger partial charge in [-0.05, 0) is 37.3 Å². The fourth-order valence-electron chi connectivity index (χ4n) is 7.14. The van der Waals surface area contributed by atoms with Gasteiger partial charge in [0.2, 0.25) is 0 Å². The van der Waals surface area contributed by atoms with Crippen LogP contribution in [0.1, 0.15) is 52.9 Å². The van der Waals surface area contributed by atoms with Crippen molar-refractivity contribution in [3.63, 3.8) is 0 Å². The average Bonchev–Trinajstić information content (AvgIpc) is 3.03. The Morgan fingerprint density at radius 2 is 2.00 bits per heavy atom. The zero-order chi connectivity index (χ0) is 23.6. The van der Waals surface area contributed by atoms with E-state index in [4.69, 9.17) is 16.3 Å². The van der Waals surface area contributed by atoms with Gasteiger partial charge in [0.25, 0.3) is 0 Å². The van der Waals surface area contributed by atoms with Crippen LogP contribution in [0.25, 0.3) is 0 Å². The summed E-state index contributed by atoms with van der Waals surface area (Å²) in [6.45, 7) is 4.91. The fourth-order valence-corrected chi connectivity index (χ4v) is 7.35. The van der Waals surface area contributed by atoms with Gasteiger partial charge >= 0.3 is 5.97 Å². The van der Waals surface area contributed by atoms with Crippen molar-refractivity contribution < 1.29 is 33.0 Å². The Hall–Kier alpha value is -1.60. The quantitative estimate of drug-likeness (QED) is 0.496. The Morgan fingerprint density at radius 3 is 2.62 bits per heavy atom. The van der Waals surface area contributed by atoms with E-state index in [1.54, 1.807) is 13.8 Å². The normalized spacial score (nSPS) is 45.2. The molecule has 4 aliphatic carbocycles. The molecule has 32 heavy (non-hydrogen) atoms. The molecule has 0 aromatic carbocycles. The molecule has 0 aromatic rings. The zero-order valence-corrected chi connectivity index (χ0v) is 19.3. The Kier molecular flexibility index (Phi) is 5.69. The van der Waals surface area contributed by atoms with E-state index in [9.17, 15) is 19.5 Å². The molecule has 0 saturated heterocycles. The lowest BCUT2D eigenvalue weighted by atomic mass is 9.48. The van der Waals surface area contributed by atoms with E-state index in [0.717, 1.165) is 0 Å². The van der Waals surface area contributed by atoms with Gasteiger partial charge in [0.05, 0.1) is 12.0 Å². The van der Waals surface area contributed by atoms with Crippen LogP contribution in [0.2, 0.25) is 0 Å². The van der Waals surface area contributed by atoms with Gasteiger partial charge in [-0.3, -0.25) is 14.4 Å². The van der Waals surface area contributed by atoms with Crippen LogP contribution in [-0.4, -0.2) is 45.9 Å². The van der Waals surface area contributed by atoms with Crippen LogP contribution >= 0.6 is 11.6 Å². The Labute approximate surface area is 191 Å². The molecule has 2 saturated carbocycles. The van der Waals surface area contributed by atoms with Crippen molar-refractivity contribution in [1.29, 1.82) is 0 Å². The summed E-state index contributed by atoms with van der Waals surface area (Å²) in [5.41, 5.74) is -5.16. The molecule has 8 heteroatoms. The van der Waals surface area contributed by atoms with Gasteiger partial charge in [-0.25, -0.2) is 8.78 Å². The highest BCUT2D eigenvalue weighted by atomic mass is 35.5. The Balaban J connectivity index is 1.84. The lowest BCUT2D eigenvalue weighted by Crippen LogP contribution is -2.66. The third-order valence-electron chi connectivity index (χ3n) is 8.68. The smallest absolute Gasteiger partial charge is 0.306 e. The molecule has 1 unspecified atom stereocenters. The van der Waals surface area contributed by atoms with Gasteiger partial charge in [0.1, 0.15) is 5.83 Å². The first-order valence-electron chi connectivity index (χ1n) is 11.2. The first-order valence-corrected chi connectivity index (χ1v) is 11.8. The second kappa shape index (κ2) is 7.73. The van der Waals surface area contributed by atoms with E-state index in [1.807, 2.05) is 0 Å². The van der Waals surface area contributed by atoms with Crippen LogP contribution in [-0.2, 0) is 19.1 Å². The van der Waals surface area contributed by atoms with Gasteiger partial charge in [-0.1, -0.05) is 19.9 Å². The first-order chi connectivity index (χ1) is 15.0. The number of rotatable bonds is 4. The number of carbonyl (C=O) groups excluding carboxylic acids is 3. The lowest BCUT2D eigenvalue weighted by Gasteiger charge is -2.59. The molecule has 5 nitrogen and oxygen atoms in total. The minimum absolute atomic E-state index is 0.0536. The molecule has 0 radical (unpaired) electrons. The summed E-state index contributed by atoms with van der Waals surface area (Å²) >= 11 is 5.91. The summed E-state index contributed by atoms with van der Waals surface area (Å²) < 4.78 is 38.1. The SMILES string of the molecule is CCC(=O)O[C@@]1(C(=O)CCl)C2C[C@H](O)[C@@]3(F)[C@@H](CC(F)=C4CC(=O)C=C[C@@]43C)[C@@H]2C[C@@H]1C. The number of carbonyl (C=O) groups is 3. The highest BCUT2D eigenvalue weighted by molar-refractivity contribution is 6.29. The highest BCUT2D eigenvalue weighted by Gasteiger charge is 2.73. The van der Waals surface area contributed by atoms with Gasteiger partial charge < -0.3 is 9.84 Å². The molecule has 4 aliphatic rings. The number of Topliss-reactive ketones (excluding diaryl/α,β-unsaturated/α-hetero) is 1. The van der Waals surface area contributed by atoms with Crippen LogP contribution in [0, 0.1) is 29.1 Å². The summed E-state index contributed by atoms with van der Waals surface area (Å²) in [6, 6.07) is 0. The number of esters is 1. The Bertz CT molecular complexity index is 931. The van der Waals surface area contributed by atoms with Crippen molar-refractivity contribution in [2.75, 3.05) is 5.88 Å². The Morgan fingerprint density at radius 1 is 1.31 bits per heavy atom. The van der Waals surface area contributed by atoms with Crippen LogP contribution in [0.4, 0.5) is 8.78 Å². The van der Waals surface area contributed by atoms with Crippen LogP contribution in [0.5, 0.6) is 0 Å². The number of hydrogen-bond acceptors (Lipinski definition) is 5. The second-order valence-electron chi connectivity index (χ2n) is 9.98. The van der Waals surface area contributed by atoms with Gasteiger partial charge in [0, 0.05) is 42.4 Å². The van der Waals surface area contributed by atoms with E-state index in [0.29, 0.717) is 6.42 Å². The molecule has 8 atom stereocenters. The van der Waals surface area contributed by atoms with Crippen LogP contribution in [0.15, 0.2) is 23.6 Å². The molecule has 0 spiro atoms.